The molecular weight excluding hydrogens is 298 g/mol. The van der Waals surface area contributed by atoms with Crippen molar-refractivity contribution in [1.29, 1.82) is 0 Å². The molecule has 1 aromatic rings. The van der Waals surface area contributed by atoms with E-state index in [4.69, 9.17) is 4.52 Å². The second-order valence-corrected chi connectivity index (χ2v) is 10.1. The van der Waals surface area contributed by atoms with E-state index in [2.05, 4.69) is 25.9 Å². The molecular formula is C21H31NO2. The quantitative estimate of drug-likeness (QED) is 0.768. The van der Waals surface area contributed by atoms with Gasteiger partial charge in [0.1, 0.15) is 6.26 Å². The summed E-state index contributed by atoms with van der Waals surface area (Å²) in [6, 6.07) is 0. The maximum absolute atomic E-state index is 11.0. The first-order valence-corrected chi connectivity index (χ1v) is 10.00. The Kier molecular flexibility index (Phi) is 3.00. The molecule has 1 aromatic heterocycles. The molecule has 0 radical (unpaired) electrons. The molecule has 3 saturated carbocycles. The molecule has 4 aliphatic carbocycles. The van der Waals surface area contributed by atoms with Crippen molar-refractivity contribution in [3.63, 3.8) is 0 Å². The smallest absolute Gasteiger partial charge is 0.127 e. The first kappa shape index (κ1) is 15.4. The van der Waals surface area contributed by atoms with E-state index in [0.29, 0.717) is 11.3 Å². The largest absolute Gasteiger partial charge is 0.390 e. The van der Waals surface area contributed by atoms with Crippen molar-refractivity contribution >= 4 is 0 Å². The van der Waals surface area contributed by atoms with Crippen LogP contribution in [0, 0.1) is 34.5 Å². The Morgan fingerprint density at radius 2 is 1.88 bits per heavy atom. The van der Waals surface area contributed by atoms with Crippen LogP contribution in [0.1, 0.15) is 70.6 Å². The first-order chi connectivity index (χ1) is 11.4. The fourth-order valence-corrected chi connectivity index (χ4v) is 7.63. The second-order valence-electron chi connectivity index (χ2n) is 10.1. The molecule has 0 amide bonds. The number of nitrogens with zero attached hydrogens (tertiary/aromatic N) is 1. The molecule has 1 N–H and O–H groups in total. The van der Waals surface area contributed by atoms with Crippen molar-refractivity contribution < 1.29 is 9.63 Å². The van der Waals surface area contributed by atoms with Gasteiger partial charge in [-0.3, -0.25) is 0 Å². The Morgan fingerprint density at radius 3 is 2.71 bits per heavy atom. The molecule has 3 fully saturated rings. The van der Waals surface area contributed by atoms with Crippen LogP contribution in [0.5, 0.6) is 0 Å². The Hall–Kier alpha value is -0.830. The number of hydrogen-bond acceptors (Lipinski definition) is 3. The first-order valence-electron chi connectivity index (χ1n) is 10.00. The molecule has 3 heteroatoms. The number of aliphatic hydroxyl groups is 1. The molecule has 6 unspecified atom stereocenters. The summed E-state index contributed by atoms with van der Waals surface area (Å²) < 4.78 is 5.28. The highest BCUT2D eigenvalue weighted by atomic mass is 16.5. The minimum absolute atomic E-state index is 0.133. The monoisotopic (exact) mass is 329 g/mol. The fraction of sp³-hybridized carbons (Fsp3) is 0.857. The lowest BCUT2D eigenvalue weighted by Crippen LogP contribution is -2.56. The van der Waals surface area contributed by atoms with Crippen molar-refractivity contribution in [2.24, 2.45) is 34.5 Å². The van der Waals surface area contributed by atoms with Crippen LogP contribution >= 0.6 is 0 Å². The van der Waals surface area contributed by atoms with Crippen LogP contribution in [0.2, 0.25) is 0 Å². The zero-order valence-electron chi connectivity index (χ0n) is 15.3. The van der Waals surface area contributed by atoms with E-state index in [0.717, 1.165) is 37.0 Å². The van der Waals surface area contributed by atoms with Crippen molar-refractivity contribution in [3.8, 4) is 0 Å². The SMILES string of the molecule is CC12Cc3conc3CC1CCC1C2CCC2(C)C1CC[C@]2(C)O. The Morgan fingerprint density at radius 1 is 1.08 bits per heavy atom. The lowest BCUT2D eigenvalue weighted by Gasteiger charge is -2.60. The summed E-state index contributed by atoms with van der Waals surface area (Å²) in [6.07, 6.45) is 11.6. The molecule has 132 valence electrons. The normalized spacial score (nSPS) is 53.0. The van der Waals surface area contributed by atoms with Gasteiger partial charge >= 0.3 is 0 Å². The zero-order valence-corrected chi connectivity index (χ0v) is 15.3. The van der Waals surface area contributed by atoms with Gasteiger partial charge in [-0.2, -0.15) is 0 Å². The third-order valence-electron chi connectivity index (χ3n) is 9.37. The van der Waals surface area contributed by atoms with E-state index in [9.17, 15) is 5.11 Å². The van der Waals surface area contributed by atoms with Crippen molar-refractivity contribution in [3.05, 3.63) is 17.5 Å². The van der Waals surface area contributed by atoms with Crippen LogP contribution in [0.15, 0.2) is 10.8 Å². The number of rotatable bonds is 0. The van der Waals surface area contributed by atoms with Crippen LogP contribution < -0.4 is 0 Å². The zero-order chi connectivity index (χ0) is 16.7. The van der Waals surface area contributed by atoms with E-state index in [-0.39, 0.29) is 5.41 Å². The molecule has 0 bridgehead atoms. The van der Waals surface area contributed by atoms with E-state index < -0.39 is 5.60 Å². The van der Waals surface area contributed by atoms with Gasteiger partial charge in [-0.25, -0.2) is 0 Å². The molecule has 4 aliphatic rings. The maximum atomic E-state index is 11.0. The van der Waals surface area contributed by atoms with Crippen LogP contribution in [0.25, 0.3) is 0 Å². The third-order valence-corrected chi connectivity index (χ3v) is 9.37. The number of aromatic nitrogens is 1. The standard InChI is InChI=1S/C21H31NO2/c1-19-11-13-12-24-22-18(13)10-14(19)4-5-15-16(19)6-8-20(2)17(15)7-9-21(20,3)23/h12,14-17,23H,4-11H2,1-3H3/t14?,15?,16?,17?,19?,20?,21-/m0/s1. The van der Waals surface area contributed by atoms with Crippen LogP contribution in [0.4, 0.5) is 0 Å². The predicted molar refractivity (Wildman–Crippen MR) is 92.4 cm³/mol. The van der Waals surface area contributed by atoms with Gasteiger partial charge in [0.05, 0.1) is 11.3 Å². The lowest BCUT2D eigenvalue weighted by molar-refractivity contribution is -0.139. The maximum Gasteiger partial charge on any atom is 0.127 e. The van der Waals surface area contributed by atoms with Gasteiger partial charge in [0.15, 0.2) is 0 Å². The Labute approximate surface area is 145 Å². The van der Waals surface area contributed by atoms with Crippen molar-refractivity contribution in [2.75, 3.05) is 0 Å². The number of fused-ring (bicyclic) bond motifs is 6. The Bertz CT molecular complexity index is 665. The average molecular weight is 329 g/mol. The summed E-state index contributed by atoms with van der Waals surface area (Å²) in [5.41, 5.74) is 2.65. The van der Waals surface area contributed by atoms with Gasteiger partial charge in [0.25, 0.3) is 0 Å². The molecule has 7 atom stereocenters. The average Bonchev–Trinajstić information content (AvgIpc) is 3.06. The summed E-state index contributed by atoms with van der Waals surface area (Å²) in [7, 11) is 0. The molecule has 24 heavy (non-hydrogen) atoms. The summed E-state index contributed by atoms with van der Waals surface area (Å²) in [6.45, 7) is 7.04. The molecule has 0 saturated heterocycles. The third kappa shape index (κ3) is 1.75. The van der Waals surface area contributed by atoms with Gasteiger partial charge in [-0.1, -0.05) is 19.0 Å². The van der Waals surface area contributed by atoms with Crippen LogP contribution in [0.3, 0.4) is 0 Å². The van der Waals surface area contributed by atoms with E-state index in [1.807, 2.05) is 6.26 Å². The van der Waals surface area contributed by atoms with Crippen LogP contribution in [-0.4, -0.2) is 15.9 Å². The Balaban J connectivity index is 1.50. The molecule has 0 spiro atoms. The molecule has 0 aliphatic heterocycles. The van der Waals surface area contributed by atoms with Crippen molar-refractivity contribution in [1.82, 2.24) is 5.16 Å². The van der Waals surface area contributed by atoms with E-state index in [1.54, 1.807) is 0 Å². The second kappa shape index (κ2) is 4.66. The molecule has 5 rings (SSSR count). The van der Waals surface area contributed by atoms with Gasteiger partial charge in [-0.15, -0.1) is 0 Å². The minimum atomic E-state index is -0.464. The van der Waals surface area contributed by atoms with E-state index in [1.165, 1.54) is 43.4 Å². The minimum Gasteiger partial charge on any atom is -0.390 e. The summed E-state index contributed by atoms with van der Waals surface area (Å²) >= 11 is 0. The predicted octanol–water partition coefficient (Wildman–Crippen LogP) is 4.38. The summed E-state index contributed by atoms with van der Waals surface area (Å²) in [4.78, 5) is 0. The van der Waals surface area contributed by atoms with Gasteiger partial charge < -0.3 is 9.63 Å². The summed E-state index contributed by atoms with van der Waals surface area (Å²) in [5, 5.41) is 15.3. The van der Waals surface area contributed by atoms with Gasteiger partial charge in [0.2, 0.25) is 0 Å². The highest BCUT2D eigenvalue weighted by Crippen LogP contribution is 2.67. The van der Waals surface area contributed by atoms with Crippen LogP contribution in [-0.2, 0) is 12.8 Å². The lowest BCUT2D eigenvalue weighted by atomic mass is 9.44. The fourth-order valence-electron chi connectivity index (χ4n) is 7.63. The summed E-state index contributed by atoms with van der Waals surface area (Å²) in [5.74, 6) is 3.10. The highest BCUT2D eigenvalue weighted by molar-refractivity contribution is 5.25. The molecule has 1 heterocycles. The number of hydrogen-bond donors (Lipinski definition) is 1. The molecule has 3 nitrogen and oxygen atoms in total. The van der Waals surface area contributed by atoms with Crippen molar-refractivity contribution in [2.45, 2.75) is 77.7 Å². The highest BCUT2D eigenvalue weighted by Gasteiger charge is 2.63. The topological polar surface area (TPSA) is 46.3 Å². The van der Waals surface area contributed by atoms with Gasteiger partial charge in [-0.05, 0) is 92.8 Å². The van der Waals surface area contributed by atoms with Gasteiger partial charge in [0, 0.05) is 5.56 Å². The van der Waals surface area contributed by atoms with E-state index >= 15 is 0 Å². The molecule has 0 aromatic carbocycles.